The zero-order valence-electron chi connectivity index (χ0n) is 7.20. The Morgan fingerprint density at radius 2 is 2.17 bits per heavy atom. The summed E-state index contributed by atoms with van der Waals surface area (Å²) >= 11 is 4.18. The molecule has 2 nitrogen and oxygen atoms in total. The van der Waals surface area contributed by atoms with Gasteiger partial charge in [-0.05, 0) is 25.5 Å². The highest BCUT2D eigenvalue weighted by Crippen LogP contribution is 2.21. The van der Waals surface area contributed by atoms with Gasteiger partial charge < -0.3 is 10.4 Å². The summed E-state index contributed by atoms with van der Waals surface area (Å²) in [5, 5.41) is 12.5. The van der Waals surface area contributed by atoms with Crippen LogP contribution in [-0.4, -0.2) is 10.5 Å². The van der Waals surface area contributed by atoms with Crippen molar-refractivity contribution in [3.8, 4) is 5.75 Å². The molecular weight excluding hydrogens is 170 g/mol. The summed E-state index contributed by atoms with van der Waals surface area (Å²) in [5.41, 5.74) is 1.77. The standard InChI is InChI=1S/C9H13NOS/c1-6-3-4-8(5-9(6)11)10-7(2)12/h3-5,7,10-12H,1-2H3. The second-order valence-corrected chi connectivity index (χ2v) is 3.60. The van der Waals surface area contributed by atoms with E-state index in [0.29, 0.717) is 5.75 Å². The van der Waals surface area contributed by atoms with Crippen LogP contribution in [0.25, 0.3) is 0 Å². The number of thiol groups is 1. The fourth-order valence-electron chi connectivity index (χ4n) is 0.940. The highest BCUT2D eigenvalue weighted by Gasteiger charge is 1.98. The number of phenolic OH excluding ortho intramolecular Hbond substituents is 1. The molecule has 1 aromatic carbocycles. The number of aryl methyl sites for hydroxylation is 1. The van der Waals surface area contributed by atoms with Crippen LogP contribution in [0.4, 0.5) is 5.69 Å². The van der Waals surface area contributed by atoms with E-state index >= 15 is 0 Å². The molecule has 66 valence electrons. The lowest BCUT2D eigenvalue weighted by atomic mass is 10.2. The largest absolute Gasteiger partial charge is 0.508 e. The SMILES string of the molecule is Cc1ccc(NC(C)S)cc1O. The topological polar surface area (TPSA) is 32.3 Å². The van der Waals surface area contributed by atoms with Crippen molar-refractivity contribution in [3.63, 3.8) is 0 Å². The van der Waals surface area contributed by atoms with E-state index in [1.807, 2.05) is 26.0 Å². The molecule has 12 heavy (non-hydrogen) atoms. The average Bonchev–Trinajstić information content (AvgIpc) is 1.96. The van der Waals surface area contributed by atoms with Crippen molar-refractivity contribution in [1.82, 2.24) is 0 Å². The van der Waals surface area contributed by atoms with Gasteiger partial charge in [-0.3, -0.25) is 0 Å². The monoisotopic (exact) mass is 183 g/mol. The maximum Gasteiger partial charge on any atom is 0.120 e. The molecule has 0 aliphatic rings. The molecule has 3 heteroatoms. The summed E-state index contributed by atoms with van der Waals surface area (Å²) in [6.45, 7) is 3.79. The van der Waals surface area contributed by atoms with Crippen LogP contribution in [0.2, 0.25) is 0 Å². The van der Waals surface area contributed by atoms with Crippen molar-refractivity contribution in [3.05, 3.63) is 23.8 Å². The van der Waals surface area contributed by atoms with E-state index in [1.165, 1.54) is 0 Å². The van der Waals surface area contributed by atoms with Gasteiger partial charge in [0.05, 0.1) is 5.37 Å². The van der Waals surface area contributed by atoms with Crippen LogP contribution in [0.5, 0.6) is 5.75 Å². The molecule has 0 spiro atoms. The minimum absolute atomic E-state index is 0.0899. The maximum atomic E-state index is 9.35. The molecule has 0 radical (unpaired) electrons. The van der Waals surface area contributed by atoms with Gasteiger partial charge in [0.25, 0.3) is 0 Å². The fraction of sp³-hybridized carbons (Fsp3) is 0.333. The van der Waals surface area contributed by atoms with Crippen molar-refractivity contribution < 1.29 is 5.11 Å². The first kappa shape index (κ1) is 9.26. The number of phenols is 1. The number of nitrogens with one attached hydrogen (secondary N) is 1. The lowest BCUT2D eigenvalue weighted by molar-refractivity contribution is 0.471. The van der Waals surface area contributed by atoms with Gasteiger partial charge in [-0.1, -0.05) is 6.07 Å². The van der Waals surface area contributed by atoms with E-state index < -0.39 is 0 Å². The fourth-order valence-corrected chi connectivity index (χ4v) is 1.09. The quantitative estimate of drug-likeness (QED) is 0.486. The Bertz CT molecular complexity index is 273. The Morgan fingerprint density at radius 1 is 1.50 bits per heavy atom. The van der Waals surface area contributed by atoms with Gasteiger partial charge >= 0.3 is 0 Å². The molecule has 0 aromatic heterocycles. The second kappa shape index (κ2) is 3.72. The molecule has 0 saturated carbocycles. The van der Waals surface area contributed by atoms with Gasteiger partial charge in [0.15, 0.2) is 0 Å². The molecule has 1 rings (SSSR count). The molecule has 0 amide bonds. The average molecular weight is 183 g/mol. The number of hydrogen-bond acceptors (Lipinski definition) is 3. The van der Waals surface area contributed by atoms with Crippen molar-refractivity contribution in [1.29, 1.82) is 0 Å². The highest BCUT2D eigenvalue weighted by atomic mass is 32.1. The van der Waals surface area contributed by atoms with Crippen LogP contribution in [0.3, 0.4) is 0 Å². The van der Waals surface area contributed by atoms with E-state index in [0.717, 1.165) is 11.3 Å². The first-order valence-electron chi connectivity index (χ1n) is 3.84. The predicted octanol–water partition coefficient (Wildman–Crippen LogP) is 2.39. The van der Waals surface area contributed by atoms with E-state index in [2.05, 4.69) is 17.9 Å². The van der Waals surface area contributed by atoms with E-state index in [-0.39, 0.29) is 5.37 Å². The van der Waals surface area contributed by atoms with Crippen LogP contribution < -0.4 is 5.32 Å². The van der Waals surface area contributed by atoms with Gasteiger partial charge in [0.1, 0.15) is 5.75 Å². The van der Waals surface area contributed by atoms with E-state index in [4.69, 9.17) is 0 Å². The molecule has 1 aromatic rings. The third-order valence-corrected chi connectivity index (χ3v) is 1.71. The summed E-state index contributed by atoms with van der Waals surface area (Å²) < 4.78 is 0. The third kappa shape index (κ3) is 2.34. The molecule has 0 heterocycles. The molecule has 2 N–H and O–H groups in total. The Kier molecular flexibility index (Phi) is 2.87. The first-order valence-corrected chi connectivity index (χ1v) is 4.35. The summed E-state index contributed by atoms with van der Waals surface area (Å²) in [6.07, 6.45) is 0. The van der Waals surface area contributed by atoms with Gasteiger partial charge in [0, 0.05) is 11.8 Å². The predicted molar refractivity (Wildman–Crippen MR) is 54.9 cm³/mol. The molecule has 0 aliphatic carbocycles. The van der Waals surface area contributed by atoms with Gasteiger partial charge in [-0.15, -0.1) is 0 Å². The third-order valence-electron chi connectivity index (χ3n) is 1.58. The maximum absolute atomic E-state index is 9.35. The number of aromatic hydroxyl groups is 1. The Morgan fingerprint density at radius 3 is 2.67 bits per heavy atom. The minimum atomic E-state index is 0.0899. The summed E-state index contributed by atoms with van der Waals surface area (Å²) in [6, 6.07) is 5.48. The van der Waals surface area contributed by atoms with E-state index in [9.17, 15) is 5.11 Å². The van der Waals surface area contributed by atoms with Crippen LogP contribution in [0, 0.1) is 6.92 Å². The van der Waals surface area contributed by atoms with Crippen molar-refractivity contribution in [2.24, 2.45) is 0 Å². The Balaban J connectivity index is 2.82. The zero-order valence-corrected chi connectivity index (χ0v) is 8.10. The molecule has 0 saturated heterocycles. The normalized spacial score (nSPS) is 12.6. The number of anilines is 1. The van der Waals surface area contributed by atoms with Crippen molar-refractivity contribution in [2.45, 2.75) is 19.2 Å². The minimum Gasteiger partial charge on any atom is -0.508 e. The summed E-state index contributed by atoms with van der Waals surface area (Å²) in [4.78, 5) is 0. The lowest BCUT2D eigenvalue weighted by Gasteiger charge is -2.09. The van der Waals surface area contributed by atoms with E-state index in [1.54, 1.807) is 6.07 Å². The molecule has 0 bridgehead atoms. The van der Waals surface area contributed by atoms with Crippen LogP contribution in [0.1, 0.15) is 12.5 Å². The Labute approximate surface area is 78.0 Å². The van der Waals surface area contributed by atoms with Gasteiger partial charge in [-0.25, -0.2) is 0 Å². The van der Waals surface area contributed by atoms with Crippen LogP contribution >= 0.6 is 12.6 Å². The van der Waals surface area contributed by atoms with Gasteiger partial charge in [0.2, 0.25) is 0 Å². The van der Waals surface area contributed by atoms with Crippen LogP contribution in [0.15, 0.2) is 18.2 Å². The second-order valence-electron chi connectivity index (χ2n) is 2.82. The summed E-state index contributed by atoms with van der Waals surface area (Å²) in [7, 11) is 0. The smallest absolute Gasteiger partial charge is 0.120 e. The van der Waals surface area contributed by atoms with Crippen LogP contribution in [-0.2, 0) is 0 Å². The molecule has 1 atom stereocenters. The number of rotatable bonds is 2. The summed E-state index contributed by atoms with van der Waals surface area (Å²) in [5.74, 6) is 0.314. The van der Waals surface area contributed by atoms with Crippen molar-refractivity contribution >= 4 is 18.3 Å². The zero-order chi connectivity index (χ0) is 9.14. The molecule has 0 fully saturated rings. The lowest BCUT2D eigenvalue weighted by Crippen LogP contribution is -2.06. The Hall–Kier alpha value is -0.830. The van der Waals surface area contributed by atoms with Crippen molar-refractivity contribution in [2.75, 3.05) is 5.32 Å². The molecule has 1 unspecified atom stereocenters. The molecular formula is C9H13NOS. The number of benzene rings is 1. The first-order chi connectivity index (χ1) is 5.59. The number of hydrogen-bond donors (Lipinski definition) is 3. The van der Waals surface area contributed by atoms with Gasteiger partial charge in [-0.2, -0.15) is 12.6 Å². The highest BCUT2D eigenvalue weighted by molar-refractivity contribution is 7.81. The molecule has 0 aliphatic heterocycles.